The van der Waals surface area contributed by atoms with Gasteiger partial charge in [-0.3, -0.25) is 4.79 Å². The third kappa shape index (κ3) is 2.16. The summed E-state index contributed by atoms with van der Waals surface area (Å²) in [7, 11) is 0. The molecule has 0 saturated heterocycles. The van der Waals surface area contributed by atoms with E-state index >= 15 is 0 Å². The molecule has 88 valence electrons. The Morgan fingerprint density at radius 1 is 1.41 bits per heavy atom. The van der Waals surface area contributed by atoms with Gasteiger partial charge in [0, 0.05) is 11.6 Å². The number of benzene rings is 1. The number of nitrogens with zero attached hydrogens (tertiary/aromatic N) is 1. The second kappa shape index (κ2) is 4.21. The molecule has 17 heavy (non-hydrogen) atoms. The maximum Gasteiger partial charge on any atom is 0.260 e. The van der Waals surface area contributed by atoms with Gasteiger partial charge in [-0.2, -0.15) is 0 Å². The first-order valence-electron chi connectivity index (χ1n) is 4.71. The predicted octanol–water partition coefficient (Wildman–Crippen LogP) is 2.50. The first kappa shape index (κ1) is 11.7. The van der Waals surface area contributed by atoms with Crippen molar-refractivity contribution in [2.24, 2.45) is 5.73 Å². The van der Waals surface area contributed by atoms with Crippen molar-refractivity contribution in [1.82, 2.24) is 4.98 Å². The van der Waals surface area contributed by atoms with E-state index in [2.05, 4.69) is 4.98 Å². The Hall–Kier alpha value is -1.82. The minimum atomic E-state index is -0.713. The number of hydrogen-bond acceptors (Lipinski definition) is 3. The molecule has 2 aromatic rings. The van der Waals surface area contributed by atoms with Crippen LogP contribution in [0.2, 0.25) is 0 Å². The summed E-state index contributed by atoms with van der Waals surface area (Å²) in [6, 6.07) is 3.20. The van der Waals surface area contributed by atoms with Gasteiger partial charge in [-0.1, -0.05) is 0 Å². The third-order valence-corrected chi connectivity index (χ3v) is 3.39. The van der Waals surface area contributed by atoms with Crippen LogP contribution < -0.4 is 5.73 Å². The highest BCUT2D eigenvalue weighted by Crippen LogP contribution is 2.29. The highest BCUT2D eigenvalue weighted by molar-refractivity contribution is 7.17. The molecule has 0 bridgehead atoms. The molecular formula is C11H8F2N2OS. The van der Waals surface area contributed by atoms with Crippen LogP contribution in [0, 0.1) is 18.6 Å². The summed E-state index contributed by atoms with van der Waals surface area (Å²) in [5.41, 5.74) is 5.75. The predicted molar refractivity (Wildman–Crippen MR) is 60.7 cm³/mol. The number of hydrogen-bond donors (Lipinski definition) is 1. The van der Waals surface area contributed by atoms with Crippen LogP contribution in [0.25, 0.3) is 10.6 Å². The fourth-order valence-electron chi connectivity index (χ4n) is 1.40. The lowest BCUT2D eigenvalue weighted by molar-refractivity contribution is 0.100. The van der Waals surface area contributed by atoms with Gasteiger partial charge in [0.15, 0.2) is 0 Å². The van der Waals surface area contributed by atoms with Gasteiger partial charge in [-0.25, -0.2) is 13.8 Å². The molecule has 2 N–H and O–H groups in total. The number of nitrogens with two attached hydrogens (primary N) is 1. The summed E-state index contributed by atoms with van der Waals surface area (Å²) < 4.78 is 26.2. The Balaban J connectivity index is 2.53. The number of amides is 1. The normalized spacial score (nSPS) is 10.5. The number of aryl methyl sites for hydroxylation is 1. The largest absolute Gasteiger partial charge is 0.365 e. The monoisotopic (exact) mass is 254 g/mol. The lowest BCUT2D eigenvalue weighted by Gasteiger charge is -1.98. The lowest BCUT2D eigenvalue weighted by Crippen LogP contribution is -2.09. The Morgan fingerprint density at radius 3 is 2.65 bits per heavy atom. The van der Waals surface area contributed by atoms with E-state index in [4.69, 9.17) is 5.73 Å². The van der Waals surface area contributed by atoms with Gasteiger partial charge in [0.2, 0.25) is 0 Å². The van der Waals surface area contributed by atoms with Crippen LogP contribution in [-0.2, 0) is 0 Å². The summed E-state index contributed by atoms with van der Waals surface area (Å²) in [6.07, 6.45) is 0. The average molecular weight is 254 g/mol. The van der Waals surface area contributed by atoms with Gasteiger partial charge in [0.1, 0.15) is 21.5 Å². The molecule has 0 radical (unpaired) electrons. The standard InChI is InChI=1S/C11H8F2N2OS/c1-5-9(10(14)16)17-11(15-5)7-3-2-6(12)4-8(7)13/h2-4H,1H3,(H2,14,16). The van der Waals surface area contributed by atoms with Crippen molar-refractivity contribution in [2.75, 3.05) is 0 Å². The highest BCUT2D eigenvalue weighted by Gasteiger charge is 2.16. The molecular weight excluding hydrogens is 246 g/mol. The van der Waals surface area contributed by atoms with E-state index in [0.29, 0.717) is 10.7 Å². The summed E-state index contributed by atoms with van der Waals surface area (Å²) in [6.45, 7) is 1.61. The maximum absolute atomic E-state index is 13.5. The third-order valence-electron chi connectivity index (χ3n) is 2.18. The number of carbonyl (C=O) groups excluding carboxylic acids is 1. The van der Waals surface area contributed by atoms with Crippen molar-refractivity contribution in [3.05, 3.63) is 40.4 Å². The Bertz CT molecular complexity index is 595. The van der Waals surface area contributed by atoms with Gasteiger partial charge in [0.05, 0.1) is 5.69 Å². The van der Waals surface area contributed by atoms with E-state index in [1.165, 1.54) is 6.07 Å². The van der Waals surface area contributed by atoms with Gasteiger partial charge in [0.25, 0.3) is 5.91 Å². The number of rotatable bonds is 2. The minimum Gasteiger partial charge on any atom is -0.365 e. The molecule has 1 amide bonds. The second-order valence-electron chi connectivity index (χ2n) is 3.42. The molecule has 1 aromatic heterocycles. The van der Waals surface area contributed by atoms with Crippen molar-refractivity contribution in [3.8, 4) is 10.6 Å². The van der Waals surface area contributed by atoms with E-state index in [-0.39, 0.29) is 10.4 Å². The molecule has 1 heterocycles. The summed E-state index contributed by atoms with van der Waals surface area (Å²) in [5.74, 6) is -1.97. The molecule has 0 saturated carbocycles. The lowest BCUT2D eigenvalue weighted by atomic mass is 10.2. The topological polar surface area (TPSA) is 56.0 Å². The quantitative estimate of drug-likeness (QED) is 0.895. The number of thiazole rings is 1. The van der Waals surface area contributed by atoms with E-state index in [1.807, 2.05) is 0 Å². The van der Waals surface area contributed by atoms with Gasteiger partial charge in [-0.05, 0) is 19.1 Å². The van der Waals surface area contributed by atoms with Crippen molar-refractivity contribution in [2.45, 2.75) is 6.92 Å². The molecule has 0 aliphatic heterocycles. The van der Waals surface area contributed by atoms with Gasteiger partial charge < -0.3 is 5.73 Å². The first-order valence-corrected chi connectivity index (χ1v) is 5.53. The molecule has 0 atom stereocenters. The van der Waals surface area contributed by atoms with Crippen molar-refractivity contribution in [1.29, 1.82) is 0 Å². The van der Waals surface area contributed by atoms with E-state index in [0.717, 1.165) is 23.5 Å². The fourth-order valence-corrected chi connectivity index (χ4v) is 2.35. The van der Waals surface area contributed by atoms with Crippen LogP contribution in [0.1, 0.15) is 15.4 Å². The molecule has 1 aromatic carbocycles. The van der Waals surface area contributed by atoms with Crippen LogP contribution in [0.3, 0.4) is 0 Å². The molecule has 0 unspecified atom stereocenters. The SMILES string of the molecule is Cc1nc(-c2ccc(F)cc2F)sc1C(N)=O. The van der Waals surface area contributed by atoms with Crippen LogP contribution in [-0.4, -0.2) is 10.9 Å². The molecule has 3 nitrogen and oxygen atoms in total. The van der Waals surface area contributed by atoms with Crippen LogP contribution >= 0.6 is 11.3 Å². The summed E-state index contributed by atoms with van der Waals surface area (Å²) in [5, 5.41) is 0.314. The Kier molecular flexibility index (Phi) is 2.89. The molecule has 0 spiro atoms. The van der Waals surface area contributed by atoms with Crippen molar-refractivity contribution >= 4 is 17.2 Å². The number of primary amides is 1. The molecule has 6 heteroatoms. The number of halogens is 2. The summed E-state index contributed by atoms with van der Waals surface area (Å²) >= 11 is 0.993. The minimum absolute atomic E-state index is 0.159. The average Bonchev–Trinajstić information content (AvgIpc) is 2.60. The molecule has 2 rings (SSSR count). The first-order chi connectivity index (χ1) is 7.99. The van der Waals surface area contributed by atoms with E-state index < -0.39 is 17.5 Å². The van der Waals surface area contributed by atoms with Gasteiger partial charge >= 0.3 is 0 Å². The molecule has 0 aliphatic carbocycles. The number of carbonyl (C=O) groups is 1. The molecule has 0 fully saturated rings. The fraction of sp³-hybridized carbons (Fsp3) is 0.0909. The summed E-state index contributed by atoms with van der Waals surface area (Å²) in [4.78, 5) is 15.4. The van der Waals surface area contributed by atoms with Crippen LogP contribution in [0.4, 0.5) is 8.78 Å². The van der Waals surface area contributed by atoms with Crippen LogP contribution in [0.15, 0.2) is 18.2 Å². The zero-order chi connectivity index (χ0) is 12.6. The van der Waals surface area contributed by atoms with E-state index in [9.17, 15) is 13.6 Å². The Morgan fingerprint density at radius 2 is 2.12 bits per heavy atom. The number of aromatic nitrogens is 1. The Labute approximate surface area is 99.9 Å². The van der Waals surface area contributed by atoms with Crippen molar-refractivity contribution < 1.29 is 13.6 Å². The maximum atomic E-state index is 13.5. The second-order valence-corrected chi connectivity index (χ2v) is 4.42. The van der Waals surface area contributed by atoms with Crippen molar-refractivity contribution in [3.63, 3.8) is 0 Å². The molecule has 0 aliphatic rings. The highest BCUT2D eigenvalue weighted by atomic mass is 32.1. The zero-order valence-electron chi connectivity index (χ0n) is 8.83. The van der Waals surface area contributed by atoms with E-state index in [1.54, 1.807) is 6.92 Å². The zero-order valence-corrected chi connectivity index (χ0v) is 9.65. The smallest absolute Gasteiger partial charge is 0.260 e. The van der Waals surface area contributed by atoms with Gasteiger partial charge in [-0.15, -0.1) is 11.3 Å². The van der Waals surface area contributed by atoms with Crippen LogP contribution in [0.5, 0.6) is 0 Å².